The number of rotatable bonds is 6. The van der Waals surface area contributed by atoms with E-state index in [1.165, 1.54) is 4.90 Å². The molecule has 1 N–H and O–H groups in total. The third-order valence-electron chi connectivity index (χ3n) is 5.79. The number of amides is 2. The Labute approximate surface area is 199 Å². The van der Waals surface area contributed by atoms with E-state index < -0.39 is 11.8 Å². The van der Waals surface area contributed by atoms with Crippen LogP contribution in [0.2, 0.25) is 0 Å². The number of nitrogens with one attached hydrogen (secondary N) is 1. The number of para-hydroxylation sites is 1. The Hall–Kier alpha value is -4.06. The molecule has 0 aliphatic carbocycles. The molecule has 0 atom stereocenters. The molecule has 0 aromatic heterocycles. The number of carbonyl (C=O) groups is 2. The highest BCUT2D eigenvalue weighted by atomic mass is 16.5. The van der Waals surface area contributed by atoms with Crippen molar-refractivity contribution in [1.82, 2.24) is 0 Å². The van der Waals surface area contributed by atoms with Crippen molar-refractivity contribution in [2.24, 2.45) is 0 Å². The summed E-state index contributed by atoms with van der Waals surface area (Å²) in [6, 6.07) is 21.9. The molecule has 1 aliphatic rings. The first-order chi connectivity index (χ1) is 16.2. The zero-order valence-corrected chi connectivity index (χ0v) is 20.0. The Morgan fingerprint density at radius 3 is 2.15 bits per heavy atom. The van der Waals surface area contributed by atoms with Crippen molar-refractivity contribution in [3.05, 3.63) is 89.6 Å². The molecule has 6 heteroatoms. The molecule has 0 saturated heterocycles. The molecule has 34 heavy (non-hydrogen) atoms. The topological polar surface area (TPSA) is 67.9 Å². The molecule has 0 spiro atoms. The first-order valence-corrected chi connectivity index (χ1v) is 11.0. The van der Waals surface area contributed by atoms with Gasteiger partial charge in [0.2, 0.25) is 0 Å². The van der Waals surface area contributed by atoms with E-state index in [0.717, 1.165) is 5.56 Å². The average Bonchev–Trinajstić information content (AvgIpc) is 3.07. The van der Waals surface area contributed by atoms with Crippen LogP contribution in [0.5, 0.6) is 11.5 Å². The maximum atomic E-state index is 13.7. The van der Waals surface area contributed by atoms with Gasteiger partial charge in [0.25, 0.3) is 11.8 Å². The van der Waals surface area contributed by atoms with Crippen LogP contribution in [0.15, 0.2) is 78.5 Å². The Kier molecular flexibility index (Phi) is 6.16. The minimum Gasteiger partial charge on any atom is -0.497 e. The van der Waals surface area contributed by atoms with Crippen molar-refractivity contribution in [3.8, 4) is 11.5 Å². The lowest BCUT2D eigenvalue weighted by Crippen LogP contribution is -2.32. The number of ether oxygens (including phenoxy) is 2. The smallest absolute Gasteiger partial charge is 0.282 e. The quantitative estimate of drug-likeness (QED) is 0.503. The van der Waals surface area contributed by atoms with Gasteiger partial charge in [0.1, 0.15) is 17.2 Å². The highest BCUT2D eigenvalue weighted by molar-refractivity contribution is 6.46. The molecule has 174 valence electrons. The summed E-state index contributed by atoms with van der Waals surface area (Å²) in [6.07, 6.45) is 0. The average molecular weight is 457 g/mol. The number of hydrogen-bond acceptors (Lipinski definition) is 5. The van der Waals surface area contributed by atoms with Crippen LogP contribution in [-0.2, 0) is 15.0 Å². The van der Waals surface area contributed by atoms with Crippen molar-refractivity contribution < 1.29 is 19.1 Å². The lowest BCUT2D eigenvalue weighted by Gasteiger charge is -2.21. The molecule has 3 aromatic carbocycles. The number of nitrogens with zero attached hydrogens (tertiary/aromatic N) is 1. The molecule has 0 fully saturated rings. The molecule has 1 aliphatic heterocycles. The Morgan fingerprint density at radius 1 is 0.794 bits per heavy atom. The molecule has 6 nitrogen and oxygen atoms in total. The van der Waals surface area contributed by atoms with Gasteiger partial charge in [-0.25, -0.2) is 4.90 Å². The number of anilines is 2. The third-order valence-corrected chi connectivity index (χ3v) is 5.79. The van der Waals surface area contributed by atoms with Gasteiger partial charge in [-0.15, -0.1) is 0 Å². The van der Waals surface area contributed by atoms with E-state index in [4.69, 9.17) is 9.47 Å². The predicted octanol–water partition coefficient (Wildman–Crippen LogP) is 5.40. The first-order valence-electron chi connectivity index (χ1n) is 11.0. The molecular formula is C28H28N2O4. The van der Waals surface area contributed by atoms with Gasteiger partial charge in [-0.1, -0.05) is 57.2 Å². The zero-order chi connectivity index (χ0) is 24.5. The molecule has 0 saturated carbocycles. The first kappa shape index (κ1) is 23.1. The summed E-state index contributed by atoms with van der Waals surface area (Å²) in [5.74, 6) is 0.296. The molecule has 0 radical (unpaired) electrons. The number of benzene rings is 3. The standard InChI is InChI=1S/C28H28N2O4/c1-28(2,3)18-13-15-20(16-14-18)30-26(31)24(22-11-6-7-12-23(22)34-5)25(27(30)32)29-19-9-8-10-21(17-19)33-4/h6-17,29H,1-5H3. The number of hydrogen-bond donors (Lipinski definition) is 1. The fraction of sp³-hybridized carbons (Fsp3) is 0.214. The summed E-state index contributed by atoms with van der Waals surface area (Å²) >= 11 is 0. The molecule has 4 rings (SSSR count). The lowest BCUT2D eigenvalue weighted by molar-refractivity contribution is -0.120. The minimum absolute atomic E-state index is 0.0442. The summed E-state index contributed by atoms with van der Waals surface area (Å²) < 4.78 is 10.8. The Morgan fingerprint density at radius 2 is 1.50 bits per heavy atom. The minimum atomic E-state index is -0.433. The summed E-state index contributed by atoms with van der Waals surface area (Å²) in [7, 11) is 3.12. The van der Waals surface area contributed by atoms with Crippen LogP contribution in [0, 0.1) is 0 Å². The van der Waals surface area contributed by atoms with Crippen molar-refractivity contribution in [2.45, 2.75) is 26.2 Å². The molecule has 0 unspecified atom stereocenters. The van der Waals surface area contributed by atoms with Gasteiger partial charge in [0.15, 0.2) is 0 Å². The fourth-order valence-electron chi connectivity index (χ4n) is 3.94. The number of methoxy groups -OCH3 is 2. The van der Waals surface area contributed by atoms with E-state index in [0.29, 0.717) is 28.4 Å². The summed E-state index contributed by atoms with van der Waals surface area (Å²) in [6.45, 7) is 6.35. The van der Waals surface area contributed by atoms with Crippen LogP contribution in [0.3, 0.4) is 0 Å². The van der Waals surface area contributed by atoms with E-state index in [2.05, 4.69) is 26.1 Å². The van der Waals surface area contributed by atoms with E-state index in [9.17, 15) is 9.59 Å². The van der Waals surface area contributed by atoms with Crippen LogP contribution in [0.4, 0.5) is 11.4 Å². The van der Waals surface area contributed by atoms with Crippen LogP contribution in [-0.4, -0.2) is 26.0 Å². The van der Waals surface area contributed by atoms with Crippen LogP contribution in [0.25, 0.3) is 5.57 Å². The number of imide groups is 1. The van der Waals surface area contributed by atoms with Crippen molar-refractivity contribution >= 4 is 28.8 Å². The SMILES string of the molecule is COc1cccc(NC2=C(c3ccccc3OC)C(=O)N(c3ccc(C(C)(C)C)cc3)C2=O)c1. The normalized spacial score (nSPS) is 14.0. The second-order valence-corrected chi connectivity index (χ2v) is 9.05. The van der Waals surface area contributed by atoms with Gasteiger partial charge in [0.05, 0.1) is 25.5 Å². The monoisotopic (exact) mass is 456 g/mol. The fourth-order valence-corrected chi connectivity index (χ4v) is 3.94. The van der Waals surface area contributed by atoms with Crippen LogP contribution < -0.4 is 19.7 Å². The maximum Gasteiger partial charge on any atom is 0.282 e. The van der Waals surface area contributed by atoms with E-state index in [-0.39, 0.29) is 16.7 Å². The van der Waals surface area contributed by atoms with Crippen molar-refractivity contribution in [2.75, 3.05) is 24.4 Å². The van der Waals surface area contributed by atoms with Gasteiger partial charge in [-0.3, -0.25) is 9.59 Å². The second kappa shape index (κ2) is 9.06. The van der Waals surface area contributed by atoms with Gasteiger partial charge in [-0.05, 0) is 41.3 Å². The molecule has 3 aromatic rings. The number of carbonyl (C=O) groups excluding carboxylic acids is 2. The zero-order valence-electron chi connectivity index (χ0n) is 20.0. The van der Waals surface area contributed by atoms with Gasteiger partial charge in [0, 0.05) is 17.3 Å². The van der Waals surface area contributed by atoms with E-state index in [1.54, 1.807) is 32.4 Å². The molecule has 0 bridgehead atoms. The molecule has 1 heterocycles. The van der Waals surface area contributed by atoms with Crippen LogP contribution in [0.1, 0.15) is 31.9 Å². The Bertz CT molecular complexity index is 1270. The maximum absolute atomic E-state index is 13.7. The van der Waals surface area contributed by atoms with Crippen molar-refractivity contribution in [1.29, 1.82) is 0 Å². The summed E-state index contributed by atoms with van der Waals surface area (Å²) in [4.78, 5) is 28.6. The van der Waals surface area contributed by atoms with Crippen molar-refractivity contribution in [3.63, 3.8) is 0 Å². The predicted molar refractivity (Wildman–Crippen MR) is 134 cm³/mol. The van der Waals surface area contributed by atoms with E-state index >= 15 is 0 Å². The lowest BCUT2D eigenvalue weighted by atomic mass is 9.87. The summed E-state index contributed by atoms with van der Waals surface area (Å²) in [5.41, 5.74) is 3.20. The highest BCUT2D eigenvalue weighted by Crippen LogP contribution is 2.38. The van der Waals surface area contributed by atoms with Gasteiger partial charge >= 0.3 is 0 Å². The van der Waals surface area contributed by atoms with Gasteiger partial charge in [-0.2, -0.15) is 0 Å². The molecular weight excluding hydrogens is 428 g/mol. The van der Waals surface area contributed by atoms with Crippen LogP contribution >= 0.6 is 0 Å². The highest BCUT2D eigenvalue weighted by Gasteiger charge is 2.41. The Balaban J connectivity index is 1.81. The van der Waals surface area contributed by atoms with E-state index in [1.807, 2.05) is 54.6 Å². The largest absolute Gasteiger partial charge is 0.497 e. The summed E-state index contributed by atoms with van der Waals surface area (Å²) in [5, 5.41) is 3.16. The molecule has 2 amide bonds. The second-order valence-electron chi connectivity index (χ2n) is 9.05. The van der Waals surface area contributed by atoms with Gasteiger partial charge < -0.3 is 14.8 Å². The third kappa shape index (κ3) is 4.27.